The molecule has 0 saturated heterocycles. The Hall–Kier alpha value is -1.69. The molecule has 0 atom stereocenters. The molecule has 3 N–H and O–H groups in total. The lowest BCUT2D eigenvalue weighted by Crippen LogP contribution is -2.12. The molecule has 17 heavy (non-hydrogen) atoms. The summed E-state index contributed by atoms with van der Waals surface area (Å²) in [6, 6.07) is 3.45. The van der Waals surface area contributed by atoms with Gasteiger partial charge in [-0.3, -0.25) is 5.41 Å². The van der Waals surface area contributed by atoms with E-state index in [1.807, 2.05) is 13.8 Å². The maximum absolute atomic E-state index is 7.41. The first-order valence-corrected chi connectivity index (χ1v) is 5.82. The van der Waals surface area contributed by atoms with Gasteiger partial charge in [-0.2, -0.15) is 5.10 Å². The molecule has 6 heteroatoms. The smallest absolute Gasteiger partial charge is 0.154 e. The molecule has 2 heterocycles. The molecule has 2 aromatic rings. The number of nitrogens with one attached hydrogen (secondary N) is 1. The number of nitrogen functional groups attached to an aromatic ring is 1. The van der Waals surface area contributed by atoms with E-state index in [2.05, 4.69) is 26.0 Å². The first-order valence-electron chi connectivity index (χ1n) is 5.03. The lowest BCUT2D eigenvalue weighted by molar-refractivity contribution is 0.805. The summed E-state index contributed by atoms with van der Waals surface area (Å²) in [6.07, 6.45) is 1.62. The van der Waals surface area contributed by atoms with Crippen LogP contribution in [0.25, 0.3) is 5.82 Å². The van der Waals surface area contributed by atoms with Crippen LogP contribution in [0, 0.1) is 19.3 Å². The first-order chi connectivity index (χ1) is 8.00. The summed E-state index contributed by atoms with van der Waals surface area (Å²) in [5, 5.41) is 11.8. The van der Waals surface area contributed by atoms with Gasteiger partial charge in [0.2, 0.25) is 0 Å². The van der Waals surface area contributed by atoms with Crippen LogP contribution in [0.4, 0.5) is 0 Å². The third-order valence-corrected chi connectivity index (χ3v) is 3.62. The minimum Gasteiger partial charge on any atom is -0.384 e. The zero-order valence-electron chi connectivity index (χ0n) is 9.53. The highest BCUT2D eigenvalue weighted by molar-refractivity contribution is 9.10. The van der Waals surface area contributed by atoms with Crippen molar-refractivity contribution in [2.75, 3.05) is 0 Å². The van der Waals surface area contributed by atoms with Gasteiger partial charge in [-0.15, -0.1) is 0 Å². The van der Waals surface area contributed by atoms with Crippen molar-refractivity contribution in [1.82, 2.24) is 14.8 Å². The number of nitrogens with zero attached hydrogens (tertiary/aromatic N) is 3. The van der Waals surface area contributed by atoms with Crippen LogP contribution in [0.1, 0.15) is 17.0 Å². The van der Waals surface area contributed by atoms with E-state index in [0.717, 1.165) is 15.9 Å². The van der Waals surface area contributed by atoms with E-state index in [-0.39, 0.29) is 5.84 Å². The number of aryl methyl sites for hydroxylation is 1. The van der Waals surface area contributed by atoms with E-state index in [4.69, 9.17) is 11.1 Å². The Morgan fingerprint density at radius 2 is 2.18 bits per heavy atom. The van der Waals surface area contributed by atoms with Crippen molar-refractivity contribution in [3.8, 4) is 5.82 Å². The number of rotatable bonds is 2. The Balaban J connectivity index is 2.56. The largest absolute Gasteiger partial charge is 0.384 e. The van der Waals surface area contributed by atoms with Crippen molar-refractivity contribution in [2.45, 2.75) is 13.8 Å². The van der Waals surface area contributed by atoms with Crippen molar-refractivity contribution >= 4 is 21.8 Å². The quantitative estimate of drug-likeness (QED) is 0.656. The van der Waals surface area contributed by atoms with Crippen molar-refractivity contribution in [2.24, 2.45) is 5.73 Å². The number of amidine groups is 1. The van der Waals surface area contributed by atoms with Gasteiger partial charge in [-0.05, 0) is 41.9 Å². The van der Waals surface area contributed by atoms with Gasteiger partial charge in [0, 0.05) is 11.8 Å². The molecule has 0 amide bonds. The molecule has 0 unspecified atom stereocenters. The molecule has 0 bridgehead atoms. The number of aromatic nitrogens is 3. The second-order valence-corrected chi connectivity index (χ2v) is 4.51. The molecule has 0 spiro atoms. The van der Waals surface area contributed by atoms with E-state index in [9.17, 15) is 0 Å². The van der Waals surface area contributed by atoms with E-state index in [1.165, 1.54) is 0 Å². The zero-order chi connectivity index (χ0) is 12.6. The summed E-state index contributed by atoms with van der Waals surface area (Å²) in [5.41, 5.74) is 7.96. The molecule has 0 aliphatic rings. The Kier molecular flexibility index (Phi) is 2.97. The van der Waals surface area contributed by atoms with Gasteiger partial charge in [0.15, 0.2) is 5.82 Å². The van der Waals surface area contributed by atoms with E-state index < -0.39 is 0 Å². The van der Waals surface area contributed by atoms with Gasteiger partial charge in [0.05, 0.1) is 15.9 Å². The maximum atomic E-state index is 7.41. The topological polar surface area (TPSA) is 80.6 Å². The average molecular weight is 294 g/mol. The fourth-order valence-corrected chi connectivity index (χ4v) is 1.80. The van der Waals surface area contributed by atoms with Crippen LogP contribution in [0.15, 0.2) is 22.8 Å². The van der Waals surface area contributed by atoms with Gasteiger partial charge in [0.25, 0.3) is 0 Å². The van der Waals surface area contributed by atoms with Crippen LogP contribution in [-0.2, 0) is 0 Å². The van der Waals surface area contributed by atoms with E-state index >= 15 is 0 Å². The molecule has 88 valence electrons. The molecule has 0 aliphatic heterocycles. The summed E-state index contributed by atoms with van der Waals surface area (Å²) in [7, 11) is 0. The van der Waals surface area contributed by atoms with E-state index in [0.29, 0.717) is 11.4 Å². The van der Waals surface area contributed by atoms with Crippen molar-refractivity contribution in [3.05, 3.63) is 39.8 Å². The Bertz CT molecular complexity index is 588. The molecule has 5 nitrogen and oxygen atoms in total. The van der Waals surface area contributed by atoms with Gasteiger partial charge < -0.3 is 5.73 Å². The number of nitrogens with two attached hydrogens (primary N) is 1. The minimum absolute atomic E-state index is 0.0225. The number of hydrogen-bond donors (Lipinski definition) is 2. The monoisotopic (exact) mass is 293 g/mol. The number of pyridine rings is 1. The summed E-state index contributed by atoms with van der Waals surface area (Å²) in [6.45, 7) is 3.87. The average Bonchev–Trinajstić information content (AvgIpc) is 2.57. The second-order valence-electron chi connectivity index (χ2n) is 3.71. The molecule has 2 aromatic heterocycles. The molecule has 0 aromatic carbocycles. The van der Waals surface area contributed by atoms with Crippen LogP contribution < -0.4 is 5.73 Å². The summed E-state index contributed by atoms with van der Waals surface area (Å²) in [5.74, 6) is 0.679. The van der Waals surface area contributed by atoms with Crippen molar-refractivity contribution in [1.29, 1.82) is 5.41 Å². The third kappa shape index (κ3) is 2.08. The highest BCUT2D eigenvalue weighted by Crippen LogP contribution is 2.22. The Morgan fingerprint density at radius 3 is 2.71 bits per heavy atom. The summed E-state index contributed by atoms with van der Waals surface area (Å²) in [4.78, 5) is 4.23. The summed E-state index contributed by atoms with van der Waals surface area (Å²) < 4.78 is 2.69. The third-order valence-electron chi connectivity index (χ3n) is 2.48. The van der Waals surface area contributed by atoms with Crippen LogP contribution in [0.5, 0.6) is 0 Å². The second kappa shape index (κ2) is 4.29. The fraction of sp³-hybridized carbons (Fsp3) is 0.182. The van der Waals surface area contributed by atoms with Gasteiger partial charge in [-0.25, -0.2) is 9.67 Å². The highest BCUT2D eigenvalue weighted by atomic mass is 79.9. The lowest BCUT2D eigenvalue weighted by Gasteiger charge is -2.05. The zero-order valence-corrected chi connectivity index (χ0v) is 11.1. The molecule has 2 rings (SSSR count). The molecular weight excluding hydrogens is 282 g/mol. The lowest BCUT2D eigenvalue weighted by atomic mass is 10.2. The molecule has 0 saturated carbocycles. The first kappa shape index (κ1) is 11.8. The molecular formula is C11H12BrN5. The standard InChI is InChI=1S/C11H12BrN5/c1-6-10(12)7(2)17(16-6)9-5-8(11(13)14)3-4-15-9/h3-5H,1-2H3,(H3,13,14). The Morgan fingerprint density at radius 1 is 1.47 bits per heavy atom. The molecule has 0 fully saturated rings. The van der Waals surface area contributed by atoms with Crippen LogP contribution in [0.2, 0.25) is 0 Å². The SMILES string of the molecule is Cc1nn(-c2cc(C(=N)N)ccn2)c(C)c1Br. The van der Waals surface area contributed by atoms with Crippen LogP contribution in [-0.4, -0.2) is 20.6 Å². The van der Waals surface area contributed by atoms with Crippen LogP contribution >= 0.6 is 15.9 Å². The predicted molar refractivity (Wildman–Crippen MR) is 69.5 cm³/mol. The maximum Gasteiger partial charge on any atom is 0.154 e. The minimum atomic E-state index is 0.0225. The van der Waals surface area contributed by atoms with E-state index in [1.54, 1.807) is 23.0 Å². The fourth-order valence-electron chi connectivity index (χ4n) is 1.55. The van der Waals surface area contributed by atoms with Gasteiger partial charge in [-0.1, -0.05) is 0 Å². The number of hydrogen-bond acceptors (Lipinski definition) is 3. The predicted octanol–water partition coefficient (Wildman–Crippen LogP) is 1.93. The number of halogens is 1. The highest BCUT2D eigenvalue weighted by Gasteiger charge is 2.11. The van der Waals surface area contributed by atoms with Gasteiger partial charge in [0.1, 0.15) is 5.84 Å². The van der Waals surface area contributed by atoms with Crippen molar-refractivity contribution in [3.63, 3.8) is 0 Å². The summed E-state index contributed by atoms with van der Waals surface area (Å²) >= 11 is 3.47. The Labute approximate surface area is 107 Å². The molecule has 0 radical (unpaired) electrons. The normalized spacial score (nSPS) is 10.5. The van der Waals surface area contributed by atoms with Crippen molar-refractivity contribution < 1.29 is 0 Å². The van der Waals surface area contributed by atoms with Gasteiger partial charge >= 0.3 is 0 Å². The van der Waals surface area contributed by atoms with Crippen LogP contribution in [0.3, 0.4) is 0 Å². The molecule has 0 aliphatic carbocycles.